The van der Waals surface area contributed by atoms with E-state index in [2.05, 4.69) is 21.2 Å². The zero-order valence-corrected chi connectivity index (χ0v) is 12.1. The van der Waals surface area contributed by atoms with Crippen LogP contribution in [0.5, 0.6) is 0 Å². The molecule has 0 aliphatic carbocycles. The highest BCUT2D eigenvalue weighted by atomic mass is 79.9. The molecule has 1 amide bonds. The van der Waals surface area contributed by atoms with E-state index in [1.807, 2.05) is 0 Å². The molecule has 0 aliphatic rings. The Labute approximate surface area is 122 Å². The second-order valence-corrected chi connectivity index (χ2v) is 5.52. The van der Waals surface area contributed by atoms with Crippen LogP contribution in [0, 0.1) is 0 Å². The second-order valence-electron chi connectivity index (χ2n) is 3.75. The van der Waals surface area contributed by atoms with E-state index in [1.54, 1.807) is 41.8 Å². The van der Waals surface area contributed by atoms with Crippen molar-refractivity contribution >= 4 is 39.1 Å². The van der Waals surface area contributed by atoms with Crippen LogP contribution in [0.15, 0.2) is 46.3 Å². The van der Waals surface area contributed by atoms with Crippen LogP contribution in [0.25, 0.3) is 0 Å². The molecule has 98 valence electrons. The molecule has 0 unspecified atom stereocenters. The quantitative estimate of drug-likeness (QED) is 0.899. The van der Waals surface area contributed by atoms with E-state index in [9.17, 15) is 14.7 Å². The molecule has 0 spiro atoms. The molecule has 2 N–H and O–H groups in total. The lowest BCUT2D eigenvalue weighted by molar-refractivity contribution is -0.139. The van der Waals surface area contributed by atoms with Crippen molar-refractivity contribution in [3.63, 3.8) is 0 Å². The highest BCUT2D eigenvalue weighted by molar-refractivity contribution is 9.10. The average molecular weight is 340 g/mol. The van der Waals surface area contributed by atoms with Gasteiger partial charge in [0, 0.05) is 4.47 Å². The Bertz CT molecular complexity index is 597. The van der Waals surface area contributed by atoms with Crippen LogP contribution in [0.3, 0.4) is 0 Å². The van der Waals surface area contributed by atoms with Gasteiger partial charge >= 0.3 is 5.97 Å². The molecule has 19 heavy (non-hydrogen) atoms. The maximum atomic E-state index is 12.0. The highest BCUT2D eigenvalue weighted by Gasteiger charge is 2.23. The summed E-state index contributed by atoms with van der Waals surface area (Å²) in [5.41, 5.74) is 0.538. The third-order valence-electron chi connectivity index (χ3n) is 2.48. The van der Waals surface area contributed by atoms with Crippen LogP contribution < -0.4 is 5.32 Å². The van der Waals surface area contributed by atoms with Crippen molar-refractivity contribution < 1.29 is 14.7 Å². The van der Waals surface area contributed by atoms with Gasteiger partial charge in [-0.3, -0.25) is 4.79 Å². The smallest absolute Gasteiger partial charge is 0.330 e. The lowest BCUT2D eigenvalue weighted by atomic mass is 10.1. The van der Waals surface area contributed by atoms with E-state index in [-0.39, 0.29) is 0 Å². The summed E-state index contributed by atoms with van der Waals surface area (Å²) in [5, 5.41) is 13.5. The van der Waals surface area contributed by atoms with Crippen molar-refractivity contribution in [1.82, 2.24) is 5.32 Å². The van der Waals surface area contributed by atoms with E-state index in [4.69, 9.17) is 0 Å². The van der Waals surface area contributed by atoms with Gasteiger partial charge in [-0.25, -0.2) is 4.79 Å². The van der Waals surface area contributed by atoms with Crippen LogP contribution in [-0.2, 0) is 4.79 Å². The maximum Gasteiger partial charge on any atom is 0.330 e. The van der Waals surface area contributed by atoms with Gasteiger partial charge in [-0.1, -0.05) is 30.3 Å². The molecule has 1 heterocycles. The Morgan fingerprint density at radius 2 is 1.89 bits per heavy atom. The number of benzene rings is 1. The Balaban J connectivity index is 2.21. The van der Waals surface area contributed by atoms with Crippen LogP contribution in [0.1, 0.15) is 21.3 Å². The molecule has 1 aromatic heterocycles. The molecule has 0 saturated carbocycles. The number of rotatable bonds is 4. The third-order valence-corrected chi connectivity index (χ3v) is 4.32. The first-order valence-electron chi connectivity index (χ1n) is 5.41. The zero-order chi connectivity index (χ0) is 13.8. The summed E-state index contributed by atoms with van der Waals surface area (Å²) in [4.78, 5) is 23.7. The summed E-state index contributed by atoms with van der Waals surface area (Å²) in [6.07, 6.45) is 0. The Morgan fingerprint density at radius 3 is 2.42 bits per heavy atom. The number of hydrogen-bond acceptors (Lipinski definition) is 3. The van der Waals surface area contributed by atoms with Crippen molar-refractivity contribution in [2.24, 2.45) is 0 Å². The first-order valence-corrected chi connectivity index (χ1v) is 7.08. The van der Waals surface area contributed by atoms with Crippen LogP contribution >= 0.6 is 27.3 Å². The zero-order valence-electron chi connectivity index (χ0n) is 9.67. The predicted octanol–water partition coefficient (Wildman–Crippen LogP) is 3.07. The lowest BCUT2D eigenvalue weighted by Crippen LogP contribution is -2.33. The normalized spacial score (nSPS) is 11.8. The molecule has 1 atom stereocenters. The van der Waals surface area contributed by atoms with Crippen molar-refractivity contribution in [2.45, 2.75) is 6.04 Å². The highest BCUT2D eigenvalue weighted by Crippen LogP contribution is 2.23. The largest absolute Gasteiger partial charge is 0.479 e. The van der Waals surface area contributed by atoms with E-state index in [0.29, 0.717) is 14.9 Å². The molecule has 4 nitrogen and oxygen atoms in total. The van der Waals surface area contributed by atoms with Gasteiger partial charge in [0.15, 0.2) is 6.04 Å². The number of carboxylic acids is 1. The Hall–Kier alpha value is -1.66. The van der Waals surface area contributed by atoms with Gasteiger partial charge in [0.1, 0.15) is 4.88 Å². The number of halogens is 1. The number of carbonyl (C=O) groups excluding carboxylic acids is 1. The van der Waals surface area contributed by atoms with Crippen molar-refractivity contribution in [3.8, 4) is 0 Å². The van der Waals surface area contributed by atoms with Gasteiger partial charge in [0.25, 0.3) is 5.91 Å². The lowest BCUT2D eigenvalue weighted by Gasteiger charge is -2.14. The van der Waals surface area contributed by atoms with E-state index in [1.165, 1.54) is 11.3 Å². The van der Waals surface area contributed by atoms with Crippen LogP contribution in [0.4, 0.5) is 0 Å². The van der Waals surface area contributed by atoms with Gasteiger partial charge in [-0.15, -0.1) is 11.3 Å². The number of carboxylic acid groups (broad SMARTS) is 1. The summed E-state index contributed by atoms with van der Waals surface area (Å²) < 4.78 is 0.659. The first-order chi connectivity index (χ1) is 9.09. The summed E-state index contributed by atoms with van der Waals surface area (Å²) in [6, 6.07) is 9.29. The topological polar surface area (TPSA) is 66.4 Å². The molecular weight excluding hydrogens is 330 g/mol. The summed E-state index contributed by atoms with van der Waals surface area (Å²) in [5.74, 6) is -1.50. The minimum atomic E-state index is -1.09. The molecule has 0 aliphatic heterocycles. The molecule has 2 rings (SSSR count). The van der Waals surface area contributed by atoms with Crippen molar-refractivity contribution in [3.05, 3.63) is 56.7 Å². The number of nitrogens with one attached hydrogen (secondary N) is 1. The standard InChI is InChI=1S/C13H10BrNO3S/c14-9-6-7-19-11(9)12(16)15-10(13(17)18)8-4-2-1-3-5-8/h1-7,10H,(H,15,16)(H,17,18)/t10-/m0/s1. The van der Waals surface area contributed by atoms with E-state index >= 15 is 0 Å². The van der Waals surface area contributed by atoms with Gasteiger partial charge in [0.05, 0.1) is 0 Å². The molecule has 0 radical (unpaired) electrons. The summed E-state index contributed by atoms with van der Waals surface area (Å²) in [7, 11) is 0. The van der Waals surface area contributed by atoms with E-state index in [0.717, 1.165) is 0 Å². The number of carbonyl (C=O) groups is 2. The van der Waals surface area contributed by atoms with Gasteiger partial charge in [0.2, 0.25) is 0 Å². The van der Waals surface area contributed by atoms with Gasteiger partial charge in [-0.05, 0) is 32.9 Å². The van der Waals surface area contributed by atoms with Crippen LogP contribution in [0.2, 0.25) is 0 Å². The van der Waals surface area contributed by atoms with Crippen LogP contribution in [-0.4, -0.2) is 17.0 Å². The van der Waals surface area contributed by atoms with Gasteiger partial charge in [-0.2, -0.15) is 0 Å². The minimum Gasteiger partial charge on any atom is -0.479 e. The SMILES string of the molecule is O=C(N[C@H](C(=O)O)c1ccccc1)c1sccc1Br. The fourth-order valence-electron chi connectivity index (χ4n) is 1.59. The molecule has 6 heteroatoms. The number of hydrogen-bond donors (Lipinski definition) is 2. The molecular formula is C13H10BrNO3S. The first kappa shape index (κ1) is 13.8. The fourth-order valence-corrected chi connectivity index (χ4v) is 3.04. The number of aliphatic carboxylic acids is 1. The molecule has 0 bridgehead atoms. The third kappa shape index (κ3) is 3.21. The van der Waals surface area contributed by atoms with Crippen molar-refractivity contribution in [2.75, 3.05) is 0 Å². The summed E-state index contributed by atoms with van der Waals surface area (Å²) >= 11 is 4.51. The van der Waals surface area contributed by atoms with Gasteiger partial charge < -0.3 is 10.4 Å². The Kier molecular flexibility index (Phi) is 4.34. The molecule has 0 fully saturated rings. The van der Waals surface area contributed by atoms with E-state index < -0.39 is 17.9 Å². The maximum absolute atomic E-state index is 12.0. The summed E-state index contributed by atoms with van der Waals surface area (Å²) in [6.45, 7) is 0. The second kappa shape index (κ2) is 5.99. The predicted molar refractivity (Wildman–Crippen MR) is 76.3 cm³/mol. The fraction of sp³-hybridized carbons (Fsp3) is 0.0769. The average Bonchev–Trinajstić information content (AvgIpc) is 2.82. The molecule has 2 aromatic rings. The van der Waals surface area contributed by atoms with Crippen molar-refractivity contribution in [1.29, 1.82) is 0 Å². The number of thiophene rings is 1. The molecule has 1 aromatic carbocycles. The monoisotopic (exact) mass is 339 g/mol. The minimum absolute atomic E-state index is 0.405. The Morgan fingerprint density at radius 1 is 1.21 bits per heavy atom. The number of amides is 1. The molecule has 0 saturated heterocycles.